The van der Waals surface area contributed by atoms with Crippen LogP contribution in [0.4, 0.5) is 13.2 Å². The average Bonchev–Trinajstić information content (AvgIpc) is 2.58. The van der Waals surface area contributed by atoms with Gasteiger partial charge in [0.1, 0.15) is 0 Å². The number of hydrogen-bond donors (Lipinski definition) is 0. The molecular weight excluding hydrogens is 237 g/mol. The molecule has 1 rings (SSSR count). The highest BCUT2D eigenvalue weighted by Crippen LogP contribution is 2.47. The average molecular weight is 262 g/mol. The Morgan fingerprint density at radius 1 is 1.28 bits per heavy atom. The SMILES string of the molecule is C=C(CC1(C)CCC(C)C1)C(=C)C(F)(F)F.CC. The smallest absolute Gasteiger partial charge is 0.166 e. The molecule has 0 saturated heterocycles. The number of allylic oxidation sites excluding steroid dienone is 2. The number of alkyl halides is 3. The van der Waals surface area contributed by atoms with Crippen molar-refractivity contribution in [3.8, 4) is 0 Å². The molecule has 1 saturated carbocycles. The molecule has 0 radical (unpaired) electrons. The summed E-state index contributed by atoms with van der Waals surface area (Å²) in [5.74, 6) is 0.608. The largest absolute Gasteiger partial charge is 0.416 e. The molecule has 1 aliphatic carbocycles. The van der Waals surface area contributed by atoms with E-state index in [0.29, 0.717) is 12.3 Å². The maximum Gasteiger partial charge on any atom is 0.416 e. The van der Waals surface area contributed by atoms with Gasteiger partial charge in [0.15, 0.2) is 0 Å². The van der Waals surface area contributed by atoms with Crippen LogP contribution in [0.1, 0.15) is 53.4 Å². The van der Waals surface area contributed by atoms with Crippen molar-refractivity contribution in [1.29, 1.82) is 0 Å². The zero-order valence-electron chi connectivity index (χ0n) is 12.0. The van der Waals surface area contributed by atoms with Crippen LogP contribution in [0, 0.1) is 11.3 Å². The van der Waals surface area contributed by atoms with Crippen LogP contribution in [0.2, 0.25) is 0 Å². The molecule has 0 nitrogen and oxygen atoms in total. The van der Waals surface area contributed by atoms with Gasteiger partial charge in [0.2, 0.25) is 0 Å². The first kappa shape index (κ1) is 17.3. The minimum absolute atomic E-state index is 0.0231. The highest BCUT2D eigenvalue weighted by Gasteiger charge is 2.38. The Kier molecular flexibility index (Phi) is 6.18. The maximum absolute atomic E-state index is 12.4. The van der Waals surface area contributed by atoms with Crippen molar-refractivity contribution in [2.75, 3.05) is 0 Å². The Morgan fingerprint density at radius 3 is 2.11 bits per heavy atom. The Bertz CT molecular complexity index is 301. The fourth-order valence-corrected chi connectivity index (χ4v) is 2.62. The second-order valence-electron chi connectivity index (χ2n) is 5.42. The van der Waals surface area contributed by atoms with E-state index in [4.69, 9.17) is 0 Å². The molecule has 0 spiro atoms. The van der Waals surface area contributed by atoms with Crippen LogP contribution < -0.4 is 0 Å². The van der Waals surface area contributed by atoms with E-state index < -0.39 is 11.7 Å². The van der Waals surface area contributed by atoms with Gasteiger partial charge in [-0.1, -0.05) is 47.3 Å². The van der Waals surface area contributed by atoms with Crippen molar-refractivity contribution < 1.29 is 13.2 Å². The zero-order valence-corrected chi connectivity index (χ0v) is 12.0. The maximum atomic E-state index is 12.4. The van der Waals surface area contributed by atoms with Crippen LogP contribution in [0.5, 0.6) is 0 Å². The number of halogens is 3. The van der Waals surface area contributed by atoms with Gasteiger partial charge in [0.25, 0.3) is 0 Å². The van der Waals surface area contributed by atoms with Gasteiger partial charge in [-0.15, -0.1) is 0 Å². The zero-order chi connectivity index (χ0) is 14.6. The second kappa shape index (κ2) is 6.44. The summed E-state index contributed by atoms with van der Waals surface area (Å²) in [6.07, 6.45) is -0.856. The number of hydrogen-bond acceptors (Lipinski definition) is 0. The fraction of sp³-hybridized carbons (Fsp3) is 0.733. The van der Waals surface area contributed by atoms with Gasteiger partial charge in [-0.25, -0.2) is 0 Å². The Labute approximate surface area is 109 Å². The molecular formula is C15H25F3. The Hall–Kier alpha value is -0.730. The van der Waals surface area contributed by atoms with Crippen LogP contribution in [0.25, 0.3) is 0 Å². The molecule has 0 aliphatic heterocycles. The second-order valence-corrected chi connectivity index (χ2v) is 5.42. The van der Waals surface area contributed by atoms with E-state index >= 15 is 0 Å². The monoisotopic (exact) mass is 262 g/mol. The van der Waals surface area contributed by atoms with Gasteiger partial charge >= 0.3 is 6.18 Å². The minimum atomic E-state index is -4.34. The molecule has 18 heavy (non-hydrogen) atoms. The van der Waals surface area contributed by atoms with Gasteiger partial charge in [-0.2, -0.15) is 13.2 Å². The summed E-state index contributed by atoms with van der Waals surface area (Å²) in [4.78, 5) is 0. The third kappa shape index (κ3) is 4.87. The predicted molar refractivity (Wildman–Crippen MR) is 71.4 cm³/mol. The Balaban J connectivity index is 0.00000137. The van der Waals surface area contributed by atoms with Gasteiger partial charge in [-0.3, -0.25) is 0 Å². The van der Waals surface area contributed by atoms with Crippen molar-refractivity contribution in [1.82, 2.24) is 0 Å². The third-order valence-electron chi connectivity index (χ3n) is 3.49. The highest BCUT2D eigenvalue weighted by molar-refractivity contribution is 5.30. The van der Waals surface area contributed by atoms with E-state index in [2.05, 4.69) is 20.1 Å². The van der Waals surface area contributed by atoms with Crippen LogP contribution >= 0.6 is 0 Å². The first-order chi connectivity index (χ1) is 8.14. The molecule has 2 unspecified atom stereocenters. The molecule has 0 aromatic heterocycles. The van der Waals surface area contributed by atoms with Crippen LogP contribution in [0.3, 0.4) is 0 Å². The molecule has 0 N–H and O–H groups in total. The minimum Gasteiger partial charge on any atom is -0.166 e. The molecule has 2 atom stereocenters. The van der Waals surface area contributed by atoms with Gasteiger partial charge < -0.3 is 0 Å². The summed E-state index contributed by atoms with van der Waals surface area (Å²) in [6, 6.07) is 0. The lowest BCUT2D eigenvalue weighted by Gasteiger charge is -2.26. The summed E-state index contributed by atoms with van der Waals surface area (Å²) in [5, 5.41) is 0. The quantitative estimate of drug-likeness (QED) is 0.555. The van der Waals surface area contributed by atoms with Crippen LogP contribution in [0.15, 0.2) is 24.3 Å². The fourth-order valence-electron chi connectivity index (χ4n) is 2.62. The third-order valence-corrected chi connectivity index (χ3v) is 3.49. The normalized spacial score (nSPS) is 27.4. The van der Waals surface area contributed by atoms with E-state index in [1.54, 1.807) is 0 Å². The Morgan fingerprint density at radius 2 is 1.78 bits per heavy atom. The standard InChI is InChI=1S/C13H19F3.C2H6/c1-9-5-6-12(4,7-9)8-10(2)11(3)13(14,15)16;1-2/h9H,2-3,5-8H2,1,4H3;1-2H3. The van der Waals surface area contributed by atoms with Crippen molar-refractivity contribution >= 4 is 0 Å². The summed E-state index contributed by atoms with van der Waals surface area (Å²) in [7, 11) is 0. The molecule has 0 amide bonds. The molecule has 1 aliphatic rings. The van der Waals surface area contributed by atoms with Crippen molar-refractivity contribution in [2.24, 2.45) is 11.3 Å². The number of rotatable bonds is 3. The lowest BCUT2D eigenvalue weighted by atomic mass is 9.80. The van der Waals surface area contributed by atoms with E-state index in [1.807, 2.05) is 20.8 Å². The lowest BCUT2D eigenvalue weighted by molar-refractivity contribution is -0.0894. The van der Waals surface area contributed by atoms with Gasteiger partial charge in [0, 0.05) is 0 Å². The van der Waals surface area contributed by atoms with Crippen molar-refractivity contribution in [3.05, 3.63) is 24.3 Å². The van der Waals surface area contributed by atoms with E-state index in [9.17, 15) is 13.2 Å². The molecule has 0 bridgehead atoms. The summed E-state index contributed by atoms with van der Waals surface area (Å²) in [5.41, 5.74) is -0.651. The first-order valence-corrected chi connectivity index (χ1v) is 6.58. The summed E-state index contributed by atoms with van der Waals surface area (Å²) in [6.45, 7) is 14.8. The lowest BCUT2D eigenvalue weighted by Crippen LogP contribution is -2.18. The van der Waals surface area contributed by atoms with Gasteiger partial charge in [0.05, 0.1) is 5.57 Å². The van der Waals surface area contributed by atoms with Crippen LogP contribution in [-0.2, 0) is 0 Å². The highest BCUT2D eigenvalue weighted by atomic mass is 19.4. The van der Waals surface area contributed by atoms with Crippen molar-refractivity contribution in [3.63, 3.8) is 0 Å². The summed E-state index contributed by atoms with van der Waals surface area (Å²) >= 11 is 0. The molecule has 0 aromatic carbocycles. The van der Waals surface area contributed by atoms with Crippen LogP contribution in [-0.4, -0.2) is 6.18 Å². The first-order valence-electron chi connectivity index (χ1n) is 6.58. The van der Waals surface area contributed by atoms with Gasteiger partial charge in [-0.05, 0) is 36.2 Å². The topological polar surface area (TPSA) is 0 Å². The summed E-state index contributed by atoms with van der Waals surface area (Å²) < 4.78 is 37.2. The molecule has 1 fully saturated rings. The van der Waals surface area contributed by atoms with Crippen molar-refractivity contribution in [2.45, 2.75) is 59.6 Å². The molecule has 106 valence electrons. The predicted octanol–water partition coefficient (Wildman–Crippen LogP) is 5.90. The molecule has 0 aromatic rings. The van der Waals surface area contributed by atoms with E-state index in [0.717, 1.165) is 19.3 Å². The van der Waals surface area contributed by atoms with E-state index in [1.165, 1.54) is 0 Å². The van der Waals surface area contributed by atoms with E-state index in [-0.39, 0.29) is 11.0 Å². The molecule has 0 heterocycles. The molecule has 3 heteroatoms.